The molecule has 1 aromatic carbocycles. The average molecular weight is 290 g/mol. The molecule has 0 spiro atoms. The molecule has 3 nitrogen and oxygen atoms in total. The van der Waals surface area contributed by atoms with Crippen molar-refractivity contribution in [2.75, 3.05) is 7.11 Å². The van der Waals surface area contributed by atoms with E-state index in [1.54, 1.807) is 12.1 Å². The fourth-order valence-corrected chi connectivity index (χ4v) is 2.14. The molecular weight excluding hydrogens is 267 g/mol. The van der Waals surface area contributed by atoms with Crippen molar-refractivity contribution in [3.05, 3.63) is 53.6 Å². The molecule has 0 aliphatic carbocycles. The van der Waals surface area contributed by atoms with Crippen molar-refractivity contribution in [3.8, 4) is 5.75 Å². The molecule has 0 bridgehead atoms. The third-order valence-electron chi connectivity index (χ3n) is 3.33. The summed E-state index contributed by atoms with van der Waals surface area (Å²) in [6, 6.07) is 9.28. The number of rotatable bonds is 5. The zero-order chi connectivity index (χ0) is 15.5. The third kappa shape index (κ3) is 4.08. The van der Waals surface area contributed by atoms with E-state index in [1.165, 1.54) is 7.11 Å². The van der Waals surface area contributed by atoms with E-state index in [2.05, 4.69) is 36.7 Å². The van der Waals surface area contributed by atoms with E-state index in [4.69, 9.17) is 4.74 Å². The Bertz CT molecular complexity index is 599. The molecule has 2 rings (SSSR count). The fourth-order valence-electron chi connectivity index (χ4n) is 2.14. The second-order valence-corrected chi connectivity index (χ2v) is 6.16. The van der Waals surface area contributed by atoms with Gasteiger partial charge in [0.25, 0.3) is 0 Å². The van der Waals surface area contributed by atoms with Gasteiger partial charge in [0.2, 0.25) is 0 Å². The van der Waals surface area contributed by atoms with Gasteiger partial charge in [0, 0.05) is 29.5 Å². The molecule has 0 saturated carbocycles. The average Bonchev–Trinajstić information content (AvgIpc) is 2.85. The predicted molar refractivity (Wildman–Crippen MR) is 83.1 cm³/mol. The van der Waals surface area contributed by atoms with Crippen LogP contribution < -0.4 is 10.1 Å². The number of ether oxygens (including phenoxy) is 1. The van der Waals surface area contributed by atoms with Gasteiger partial charge in [0.15, 0.2) is 11.6 Å². The first-order valence-electron chi connectivity index (χ1n) is 7.11. The normalized spacial score (nSPS) is 11.7. The quantitative estimate of drug-likeness (QED) is 0.911. The number of hydrogen-bond acceptors (Lipinski definition) is 2. The number of nitrogens with one attached hydrogen (secondary N) is 1. The van der Waals surface area contributed by atoms with E-state index in [1.807, 2.05) is 18.3 Å². The molecule has 21 heavy (non-hydrogen) atoms. The Morgan fingerprint density at radius 3 is 2.62 bits per heavy atom. The first-order valence-corrected chi connectivity index (χ1v) is 7.11. The van der Waals surface area contributed by atoms with Crippen LogP contribution in [0.2, 0.25) is 0 Å². The van der Waals surface area contributed by atoms with E-state index in [9.17, 15) is 4.39 Å². The summed E-state index contributed by atoms with van der Waals surface area (Å²) in [5.74, 6) is -0.00236. The van der Waals surface area contributed by atoms with Crippen molar-refractivity contribution in [2.24, 2.45) is 0 Å². The Kier molecular flexibility index (Phi) is 4.68. The van der Waals surface area contributed by atoms with Gasteiger partial charge in [-0.1, -0.05) is 12.1 Å². The maximum atomic E-state index is 14.2. The lowest BCUT2D eigenvalue weighted by Gasteiger charge is -2.21. The molecule has 0 fully saturated rings. The van der Waals surface area contributed by atoms with Gasteiger partial charge in [-0.05, 0) is 39.0 Å². The Hall–Kier alpha value is -1.81. The fraction of sp³-hybridized carbons (Fsp3) is 0.412. The van der Waals surface area contributed by atoms with Crippen molar-refractivity contribution in [1.82, 2.24) is 9.88 Å². The lowest BCUT2D eigenvalue weighted by molar-refractivity contribution is 0.383. The molecule has 4 heteroatoms. The van der Waals surface area contributed by atoms with E-state index < -0.39 is 0 Å². The summed E-state index contributed by atoms with van der Waals surface area (Å²) >= 11 is 0. The minimum atomic E-state index is -0.288. The van der Waals surface area contributed by atoms with Crippen molar-refractivity contribution in [1.29, 1.82) is 0 Å². The largest absolute Gasteiger partial charge is 0.494 e. The Morgan fingerprint density at radius 2 is 1.95 bits per heavy atom. The summed E-state index contributed by atoms with van der Waals surface area (Å²) in [5.41, 5.74) is 1.81. The zero-order valence-electron chi connectivity index (χ0n) is 13.1. The molecular formula is C17H23FN2O. The van der Waals surface area contributed by atoms with Crippen molar-refractivity contribution >= 4 is 0 Å². The molecule has 1 heterocycles. The van der Waals surface area contributed by atoms with Gasteiger partial charge in [-0.2, -0.15) is 0 Å². The minimum Gasteiger partial charge on any atom is -0.494 e. The topological polar surface area (TPSA) is 26.2 Å². The number of halogens is 1. The van der Waals surface area contributed by atoms with Gasteiger partial charge in [0.05, 0.1) is 13.7 Å². The molecule has 1 aromatic heterocycles. The molecule has 0 radical (unpaired) electrons. The van der Waals surface area contributed by atoms with Gasteiger partial charge >= 0.3 is 0 Å². The van der Waals surface area contributed by atoms with Gasteiger partial charge in [0.1, 0.15) is 0 Å². The van der Waals surface area contributed by atoms with Crippen LogP contribution in [0.4, 0.5) is 4.39 Å². The Morgan fingerprint density at radius 1 is 1.19 bits per heavy atom. The molecule has 2 aromatic rings. The molecule has 0 aliphatic rings. The highest BCUT2D eigenvalue weighted by Gasteiger charge is 2.12. The molecule has 0 aliphatic heterocycles. The summed E-state index contributed by atoms with van der Waals surface area (Å²) < 4.78 is 21.3. The number of aromatic nitrogens is 1. The molecule has 1 N–H and O–H groups in total. The minimum absolute atomic E-state index is 0.0519. The lowest BCUT2D eigenvalue weighted by Crippen LogP contribution is -2.35. The van der Waals surface area contributed by atoms with Crippen LogP contribution in [0.25, 0.3) is 0 Å². The number of methoxy groups -OCH3 is 1. The van der Waals surface area contributed by atoms with Gasteiger partial charge in [-0.25, -0.2) is 4.39 Å². The molecule has 0 unspecified atom stereocenters. The highest BCUT2D eigenvalue weighted by molar-refractivity contribution is 5.31. The highest BCUT2D eigenvalue weighted by Crippen LogP contribution is 2.21. The summed E-state index contributed by atoms with van der Waals surface area (Å²) in [6.45, 7) is 7.63. The van der Waals surface area contributed by atoms with Crippen LogP contribution in [0.15, 0.2) is 36.5 Å². The van der Waals surface area contributed by atoms with Crippen LogP contribution in [0, 0.1) is 5.82 Å². The van der Waals surface area contributed by atoms with E-state index in [0.717, 1.165) is 12.2 Å². The predicted octanol–water partition coefficient (Wildman–Crippen LogP) is 3.57. The first-order chi connectivity index (χ1) is 9.90. The van der Waals surface area contributed by atoms with E-state index >= 15 is 0 Å². The van der Waals surface area contributed by atoms with Crippen LogP contribution in [0.1, 0.15) is 32.0 Å². The van der Waals surface area contributed by atoms with Crippen LogP contribution in [0.5, 0.6) is 5.75 Å². The molecule has 0 saturated heterocycles. The number of hydrogen-bond donors (Lipinski definition) is 1. The maximum absolute atomic E-state index is 14.2. The van der Waals surface area contributed by atoms with Crippen LogP contribution in [-0.4, -0.2) is 17.2 Å². The summed E-state index contributed by atoms with van der Waals surface area (Å²) in [5, 5.41) is 3.45. The van der Waals surface area contributed by atoms with Crippen LogP contribution in [0.3, 0.4) is 0 Å². The van der Waals surface area contributed by atoms with E-state index in [0.29, 0.717) is 12.1 Å². The van der Waals surface area contributed by atoms with Crippen LogP contribution >= 0.6 is 0 Å². The van der Waals surface area contributed by atoms with Gasteiger partial charge < -0.3 is 14.6 Å². The molecule has 114 valence electrons. The third-order valence-corrected chi connectivity index (χ3v) is 3.33. The maximum Gasteiger partial charge on any atom is 0.170 e. The monoisotopic (exact) mass is 290 g/mol. The molecule has 0 amide bonds. The zero-order valence-corrected chi connectivity index (χ0v) is 13.1. The summed E-state index contributed by atoms with van der Waals surface area (Å²) in [4.78, 5) is 0. The highest BCUT2D eigenvalue weighted by atomic mass is 19.1. The Labute approximate surface area is 125 Å². The van der Waals surface area contributed by atoms with Crippen LogP contribution in [-0.2, 0) is 13.1 Å². The smallest absolute Gasteiger partial charge is 0.170 e. The molecule has 0 atom stereocenters. The SMILES string of the molecule is COc1cccc(Cn2cccc2CNC(C)(C)C)c1F. The van der Waals surface area contributed by atoms with Gasteiger partial charge in [-0.3, -0.25) is 0 Å². The van der Waals surface area contributed by atoms with Crippen molar-refractivity contribution in [2.45, 2.75) is 39.4 Å². The van der Waals surface area contributed by atoms with Gasteiger partial charge in [-0.15, -0.1) is 0 Å². The number of benzene rings is 1. The van der Waals surface area contributed by atoms with Crippen molar-refractivity contribution in [3.63, 3.8) is 0 Å². The second-order valence-electron chi connectivity index (χ2n) is 6.16. The van der Waals surface area contributed by atoms with Crippen molar-refractivity contribution < 1.29 is 9.13 Å². The first kappa shape index (κ1) is 15.6. The summed E-state index contributed by atoms with van der Waals surface area (Å²) in [7, 11) is 1.48. The number of nitrogens with zero attached hydrogens (tertiary/aromatic N) is 1. The van der Waals surface area contributed by atoms with E-state index in [-0.39, 0.29) is 17.1 Å². The lowest BCUT2D eigenvalue weighted by atomic mass is 10.1. The summed E-state index contributed by atoms with van der Waals surface area (Å²) in [6.07, 6.45) is 1.97. The second kappa shape index (κ2) is 6.31. The Balaban J connectivity index is 2.16. The standard InChI is InChI=1S/C17H23FN2O/c1-17(2,3)19-11-14-8-6-10-20(14)12-13-7-5-9-15(21-4)16(13)18/h5-10,19H,11-12H2,1-4H3.